The molecular weight excluding hydrogens is 419 g/mol. The fourth-order valence-electron chi connectivity index (χ4n) is 3.88. The van der Waals surface area contributed by atoms with Crippen LogP contribution in [-0.4, -0.2) is 37.0 Å². The van der Waals surface area contributed by atoms with Crippen LogP contribution in [0.15, 0.2) is 55.0 Å². The van der Waals surface area contributed by atoms with Crippen LogP contribution in [0.25, 0.3) is 39.4 Å². The van der Waals surface area contributed by atoms with Gasteiger partial charge in [0.05, 0.1) is 29.2 Å². The van der Waals surface area contributed by atoms with Gasteiger partial charge in [0.15, 0.2) is 5.82 Å². The third-order valence-corrected chi connectivity index (χ3v) is 5.38. The number of para-hydroxylation sites is 1. The maximum absolute atomic E-state index is 15.0. The summed E-state index contributed by atoms with van der Waals surface area (Å²) in [6.07, 6.45) is 5.04. The third kappa shape index (κ3) is 3.62. The van der Waals surface area contributed by atoms with Crippen LogP contribution in [0.5, 0.6) is 0 Å². The number of nitriles is 1. The highest BCUT2D eigenvalue weighted by atomic mass is 19.1. The first-order valence-electron chi connectivity index (χ1n) is 10.3. The lowest BCUT2D eigenvalue weighted by molar-refractivity contribution is 0.625. The first-order valence-corrected chi connectivity index (χ1v) is 10.3. The van der Waals surface area contributed by atoms with E-state index in [0.29, 0.717) is 51.5 Å². The molecule has 162 valence electrons. The van der Waals surface area contributed by atoms with Gasteiger partial charge in [0.2, 0.25) is 0 Å². The number of nitrogens with zero attached hydrogens (tertiary/aromatic N) is 6. The largest absolute Gasteiger partial charge is 0.316 e. The van der Waals surface area contributed by atoms with Gasteiger partial charge in [-0.2, -0.15) is 15.5 Å². The van der Waals surface area contributed by atoms with Crippen LogP contribution in [0.3, 0.4) is 0 Å². The summed E-state index contributed by atoms with van der Waals surface area (Å²) in [5.74, 6) is -0.0797. The number of nitrogens with one attached hydrogen (secondary N) is 2. The minimum absolute atomic E-state index is 0.290. The van der Waals surface area contributed by atoms with E-state index in [-0.39, 0.29) is 5.82 Å². The molecular formula is C24H19FN8. The van der Waals surface area contributed by atoms with Crippen LogP contribution in [0.2, 0.25) is 0 Å². The lowest BCUT2D eigenvalue weighted by Crippen LogP contribution is -2.06. The highest BCUT2D eigenvalue weighted by Gasteiger charge is 2.18. The molecule has 0 amide bonds. The van der Waals surface area contributed by atoms with Gasteiger partial charge in [-0.1, -0.05) is 18.2 Å². The fraction of sp³-hybridized carbons (Fsp3) is 0.125. The van der Waals surface area contributed by atoms with E-state index < -0.39 is 0 Å². The van der Waals surface area contributed by atoms with Gasteiger partial charge in [0, 0.05) is 18.3 Å². The number of hydrogen-bond donors (Lipinski definition) is 2. The number of benzene rings is 2. The number of hydrogen-bond acceptors (Lipinski definition) is 6. The Morgan fingerprint density at radius 1 is 1.21 bits per heavy atom. The summed E-state index contributed by atoms with van der Waals surface area (Å²) in [5.41, 5.74) is 5.62. The SMILES string of the molecule is CNCc1cc(C)c(-c2ncc3[nH]nc(-c4cnn(-c5ccccc5C#N)c4)c3n2)c(F)c1. The Kier molecular flexibility index (Phi) is 5.12. The smallest absolute Gasteiger partial charge is 0.163 e. The van der Waals surface area contributed by atoms with E-state index in [1.807, 2.05) is 32.2 Å². The summed E-state index contributed by atoms with van der Waals surface area (Å²) < 4.78 is 16.6. The molecule has 2 aromatic carbocycles. The van der Waals surface area contributed by atoms with Crippen molar-refractivity contribution >= 4 is 11.0 Å². The molecule has 9 heteroatoms. The van der Waals surface area contributed by atoms with Gasteiger partial charge in [-0.25, -0.2) is 19.0 Å². The van der Waals surface area contributed by atoms with Crippen molar-refractivity contribution < 1.29 is 4.39 Å². The van der Waals surface area contributed by atoms with E-state index in [1.165, 1.54) is 6.07 Å². The number of halogens is 1. The summed E-state index contributed by atoms with van der Waals surface area (Å²) in [6.45, 7) is 2.42. The number of H-pyrrole nitrogens is 1. The zero-order chi connectivity index (χ0) is 22.9. The highest BCUT2D eigenvalue weighted by molar-refractivity contribution is 5.90. The maximum Gasteiger partial charge on any atom is 0.163 e. The van der Waals surface area contributed by atoms with Crippen LogP contribution < -0.4 is 5.32 Å². The Bertz CT molecular complexity index is 1500. The summed E-state index contributed by atoms with van der Waals surface area (Å²) >= 11 is 0. The van der Waals surface area contributed by atoms with Gasteiger partial charge in [0.25, 0.3) is 0 Å². The van der Waals surface area contributed by atoms with Crippen molar-refractivity contribution in [3.8, 4) is 34.4 Å². The van der Waals surface area contributed by atoms with E-state index in [0.717, 1.165) is 11.1 Å². The number of fused-ring (bicyclic) bond motifs is 1. The maximum atomic E-state index is 15.0. The summed E-state index contributed by atoms with van der Waals surface area (Å²) in [6, 6.07) is 12.8. The zero-order valence-electron chi connectivity index (χ0n) is 18.0. The minimum atomic E-state index is -0.370. The van der Waals surface area contributed by atoms with Crippen LogP contribution in [-0.2, 0) is 6.54 Å². The fourth-order valence-corrected chi connectivity index (χ4v) is 3.88. The lowest BCUT2D eigenvalue weighted by atomic mass is 10.0. The van der Waals surface area contributed by atoms with Gasteiger partial charge in [-0.3, -0.25) is 5.10 Å². The second kappa shape index (κ2) is 8.26. The minimum Gasteiger partial charge on any atom is -0.316 e. The van der Waals surface area contributed by atoms with Crippen LogP contribution in [0.1, 0.15) is 16.7 Å². The average Bonchev–Trinajstić information content (AvgIpc) is 3.45. The Morgan fingerprint density at radius 2 is 2.06 bits per heavy atom. The van der Waals surface area contributed by atoms with Gasteiger partial charge >= 0.3 is 0 Å². The number of rotatable bonds is 5. The van der Waals surface area contributed by atoms with Crippen LogP contribution >= 0.6 is 0 Å². The number of aromatic nitrogens is 6. The van der Waals surface area contributed by atoms with Crippen LogP contribution in [0.4, 0.5) is 4.39 Å². The normalized spacial score (nSPS) is 11.1. The van der Waals surface area contributed by atoms with Crippen molar-refractivity contribution in [2.45, 2.75) is 13.5 Å². The summed E-state index contributed by atoms with van der Waals surface area (Å²) in [7, 11) is 1.82. The molecule has 2 N–H and O–H groups in total. The monoisotopic (exact) mass is 438 g/mol. The molecule has 0 spiro atoms. The van der Waals surface area contributed by atoms with E-state index in [4.69, 9.17) is 0 Å². The highest BCUT2D eigenvalue weighted by Crippen LogP contribution is 2.30. The first-order chi connectivity index (χ1) is 16.1. The molecule has 8 nitrogen and oxygen atoms in total. The summed E-state index contributed by atoms with van der Waals surface area (Å²) in [4.78, 5) is 9.01. The standard InChI is InChI=1S/C24H19FN8/c1-14-7-15(10-27-2)8-18(25)21(14)24-28-12-19-23(30-24)22(32-31-19)17-11-29-33(13-17)20-6-4-3-5-16(20)9-26/h3-8,11-13,27H,10H2,1-2H3,(H,31,32). The molecule has 0 unspecified atom stereocenters. The molecule has 33 heavy (non-hydrogen) atoms. The molecule has 0 radical (unpaired) electrons. The molecule has 5 aromatic rings. The number of aryl methyl sites for hydroxylation is 1. The second-order valence-corrected chi connectivity index (χ2v) is 7.63. The predicted octanol–water partition coefficient (Wildman–Crippen LogP) is 3.91. The van der Waals surface area contributed by atoms with E-state index in [1.54, 1.807) is 35.4 Å². The Labute approximate surface area is 188 Å². The zero-order valence-corrected chi connectivity index (χ0v) is 18.0. The van der Waals surface area contributed by atoms with Crippen molar-refractivity contribution in [3.05, 3.63) is 77.5 Å². The number of aromatic amines is 1. The molecule has 0 aliphatic carbocycles. The van der Waals surface area contributed by atoms with E-state index in [9.17, 15) is 9.65 Å². The summed E-state index contributed by atoms with van der Waals surface area (Å²) in [5, 5.41) is 24.1. The molecule has 3 heterocycles. The molecule has 0 aliphatic heterocycles. The van der Waals surface area contributed by atoms with Crippen molar-refractivity contribution in [2.24, 2.45) is 0 Å². The van der Waals surface area contributed by atoms with Gasteiger partial charge in [-0.05, 0) is 43.3 Å². The van der Waals surface area contributed by atoms with Gasteiger partial charge in [-0.15, -0.1) is 0 Å². The van der Waals surface area contributed by atoms with Crippen LogP contribution in [0, 0.1) is 24.1 Å². The first kappa shape index (κ1) is 20.5. The molecule has 3 aromatic heterocycles. The van der Waals surface area contributed by atoms with Gasteiger partial charge < -0.3 is 5.32 Å². The molecule has 0 bridgehead atoms. The Morgan fingerprint density at radius 3 is 2.85 bits per heavy atom. The molecule has 0 atom stereocenters. The molecule has 0 aliphatic rings. The molecule has 0 fully saturated rings. The Hall–Kier alpha value is -4.42. The third-order valence-electron chi connectivity index (χ3n) is 5.38. The van der Waals surface area contributed by atoms with Crippen molar-refractivity contribution in [1.82, 2.24) is 35.3 Å². The lowest BCUT2D eigenvalue weighted by Gasteiger charge is -2.09. The van der Waals surface area contributed by atoms with Crippen molar-refractivity contribution in [2.75, 3.05) is 7.05 Å². The predicted molar refractivity (Wildman–Crippen MR) is 122 cm³/mol. The quantitative estimate of drug-likeness (QED) is 0.431. The molecule has 0 saturated heterocycles. The average molecular weight is 438 g/mol. The van der Waals surface area contributed by atoms with Crippen molar-refractivity contribution in [3.63, 3.8) is 0 Å². The van der Waals surface area contributed by atoms with E-state index in [2.05, 4.69) is 36.7 Å². The van der Waals surface area contributed by atoms with Crippen molar-refractivity contribution in [1.29, 1.82) is 5.26 Å². The molecule has 0 saturated carbocycles. The Balaban J connectivity index is 1.59. The van der Waals surface area contributed by atoms with E-state index >= 15 is 0 Å². The second-order valence-electron chi connectivity index (χ2n) is 7.63. The van der Waals surface area contributed by atoms with Gasteiger partial charge in [0.1, 0.15) is 28.6 Å². The topological polar surface area (TPSA) is 108 Å². The molecule has 5 rings (SSSR count).